The van der Waals surface area contributed by atoms with Crippen LogP contribution in [0.15, 0.2) is 12.1 Å². The fourth-order valence-electron chi connectivity index (χ4n) is 1.76. The van der Waals surface area contributed by atoms with Crippen LogP contribution < -0.4 is 10.6 Å². The summed E-state index contributed by atoms with van der Waals surface area (Å²) < 4.78 is 26.9. The molecule has 1 atom stereocenters. The number of halogens is 2. The van der Waals surface area contributed by atoms with Crippen LogP contribution in [0.3, 0.4) is 0 Å². The Labute approximate surface area is 106 Å². The minimum absolute atomic E-state index is 0.00745. The van der Waals surface area contributed by atoms with Gasteiger partial charge in [0, 0.05) is 18.7 Å². The Morgan fingerprint density at radius 3 is 2.33 bits per heavy atom. The second kappa shape index (κ2) is 6.33. The maximum Gasteiger partial charge on any atom is 0.251 e. The molecule has 0 aliphatic carbocycles. The molecular formula is C13H18F2N2O. The van der Waals surface area contributed by atoms with Crippen molar-refractivity contribution in [1.29, 1.82) is 0 Å². The summed E-state index contributed by atoms with van der Waals surface area (Å²) in [5.74, 6) is -2.01. The van der Waals surface area contributed by atoms with Crippen LogP contribution in [0.4, 0.5) is 14.5 Å². The lowest BCUT2D eigenvalue weighted by atomic mass is 10.1. The van der Waals surface area contributed by atoms with E-state index in [1.165, 1.54) is 7.05 Å². The van der Waals surface area contributed by atoms with Gasteiger partial charge < -0.3 is 10.6 Å². The summed E-state index contributed by atoms with van der Waals surface area (Å²) in [4.78, 5) is 11.8. The molecule has 0 aliphatic heterocycles. The summed E-state index contributed by atoms with van der Waals surface area (Å²) in [7, 11) is 1.42. The van der Waals surface area contributed by atoms with Crippen LogP contribution in [-0.2, 0) is 0 Å². The van der Waals surface area contributed by atoms with Crippen molar-refractivity contribution in [2.75, 3.05) is 12.4 Å². The molecule has 0 heterocycles. The lowest BCUT2D eigenvalue weighted by Crippen LogP contribution is -2.32. The van der Waals surface area contributed by atoms with Gasteiger partial charge in [-0.3, -0.25) is 4.79 Å². The largest absolute Gasteiger partial charge is 0.383 e. The molecule has 1 amide bonds. The van der Waals surface area contributed by atoms with E-state index in [2.05, 4.69) is 10.6 Å². The quantitative estimate of drug-likeness (QED) is 0.850. The molecule has 0 bridgehead atoms. The van der Waals surface area contributed by atoms with Crippen molar-refractivity contribution in [2.45, 2.75) is 32.7 Å². The first-order valence-electron chi connectivity index (χ1n) is 5.97. The lowest BCUT2D eigenvalue weighted by molar-refractivity contribution is 0.0937. The molecule has 0 fully saturated rings. The van der Waals surface area contributed by atoms with E-state index in [-0.39, 0.29) is 17.3 Å². The maximum atomic E-state index is 13.5. The van der Waals surface area contributed by atoms with Gasteiger partial charge in [0.1, 0.15) is 17.3 Å². The first-order chi connectivity index (χ1) is 8.49. The number of benzene rings is 1. The van der Waals surface area contributed by atoms with Crippen LogP contribution in [-0.4, -0.2) is 19.0 Å². The second-order valence-electron chi connectivity index (χ2n) is 4.23. The zero-order chi connectivity index (χ0) is 13.7. The van der Waals surface area contributed by atoms with Crippen molar-refractivity contribution in [3.8, 4) is 0 Å². The maximum absolute atomic E-state index is 13.5. The highest BCUT2D eigenvalue weighted by Crippen LogP contribution is 2.20. The average Bonchev–Trinajstić information content (AvgIpc) is 2.28. The van der Waals surface area contributed by atoms with Gasteiger partial charge in [0.2, 0.25) is 0 Å². The average molecular weight is 256 g/mol. The molecule has 0 aliphatic rings. The summed E-state index contributed by atoms with van der Waals surface area (Å²) in [6.07, 6.45) is 1.76. The smallest absolute Gasteiger partial charge is 0.251 e. The first-order valence-corrected chi connectivity index (χ1v) is 5.97. The van der Waals surface area contributed by atoms with Crippen molar-refractivity contribution in [3.63, 3.8) is 0 Å². The van der Waals surface area contributed by atoms with Gasteiger partial charge in [0.25, 0.3) is 5.91 Å². The highest BCUT2D eigenvalue weighted by molar-refractivity contribution is 5.94. The standard InChI is InChI=1S/C13H18F2N2O/c1-4-5-8(2)17-13(18)9-6-10(14)12(16-3)11(15)7-9/h6-8,16H,4-5H2,1-3H3,(H,17,18). The molecular weight excluding hydrogens is 238 g/mol. The molecule has 0 saturated heterocycles. The van der Waals surface area contributed by atoms with Gasteiger partial charge in [-0.1, -0.05) is 13.3 Å². The van der Waals surface area contributed by atoms with Gasteiger partial charge in [-0.15, -0.1) is 0 Å². The fourth-order valence-corrected chi connectivity index (χ4v) is 1.76. The Balaban J connectivity index is 2.87. The normalized spacial score (nSPS) is 12.1. The summed E-state index contributed by atoms with van der Waals surface area (Å²) in [5.41, 5.74) is -0.236. The predicted molar refractivity (Wildman–Crippen MR) is 67.7 cm³/mol. The highest BCUT2D eigenvalue weighted by atomic mass is 19.1. The number of amides is 1. The molecule has 3 nitrogen and oxygen atoms in total. The van der Waals surface area contributed by atoms with Gasteiger partial charge in [0.05, 0.1) is 0 Å². The second-order valence-corrected chi connectivity index (χ2v) is 4.23. The molecule has 1 aromatic carbocycles. The number of hydrogen-bond acceptors (Lipinski definition) is 2. The van der Waals surface area contributed by atoms with E-state index in [0.29, 0.717) is 0 Å². The third kappa shape index (κ3) is 3.42. The summed E-state index contributed by atoms with van der Waals surface area (Å²) >= 11 is 0. The number of hydrogen-bond donors (Lipinski definition) is 2. The Hall–Kier alpha value is -1.65. The minimum atomic E-state index is -0.772. The molecule has 0 spiro atoms. The van der Waals surface area contributed by atoms with E-state index in [4.69, 9.17) is 0 Å². The van der Waals surface area contributed by atoms with Crippen molar-refractivity contribution < 1.29 is 13.6 Å². The van der Waals surface area contributed by atoms with Crippen LogP contribution in [0.1, 0.15) is 37.0 Å². The summed E-state index contributed by atoms with van der Waals surface area (Å²) in [6.45, 7) is 3.86. The van der Waals surface area contributed by atoms with E-state index in [1.807, 2.05) is 13.8 Å². The third-order valence-corrected chi connectivity index (χ3v) is 2.65. The molecule has 0 radical (unpaired) electrons. The third-order valence-electron chi connectivity index (χ3n) is 2.65. The number of carbonyl (C=O) groups excluding carboxylic acids is 1. The Kier molecular flexibility index (Phi) is 5.07. The number of anilines is 1. The molecule has 2 N–H and O–H groups in total. The molecule has 0 saturated carbocycles. The topological polar surface area (TPSA) is 41.1 Å². The fraction of sp³-hybridized carbons (Fsp3) is 0.462. The monoisotopic (exact) mass is 256 g/mol. The van der Waals surface area contributed by atoms with E-state index in [0.717, 1.165) is 25.0 Å². The summed E-state index contributed by atoms with van der Waals surface area (Å²) in [6, 6.07) is 2.05. The molecule has 1 unspecified atom stereocenters. The van der Waals surface area contributed by atoms with E-state index in [1.54, 1.807) is 0 Å². The lowest BCUT2D eigenvalue weighted by Gasteiger charge is -2.13. The van der Waals surface area contributed by atoms with Crippen LogP contribution in [0, 0.1) is 11.6 Å². The van der Waals surface area contributed by atoms with Crippen LogP contribution in [0.2, 0.25) is 0 Å². The van der Waals surface area contributed by atoms with E-state index in [9.17, 15) is 13.6 Å². The Morgan fingerprint density at radius 1 is 1.33 bits per heavy atom. The van der Waals surface area contributed by atoms with Crippen molar-refractivity contribution >= 4 is 11.6 Å². The first kappa shape index (κ1) is 14.4. The van der Waals surface area contributed by atoms with Crippen molar-refractivity contribution in [3.05, 3.63) is 29.3 Å². The number of carbonyl (C=O) groups is 1. The molecule has 100 valence electrons. The van der Waals surface area contributed by atoms with E-state index >= 15 is 0 Å². The molecule has 5 heteroatoms. The zero-order valence-corrected chi connectivity index (χ0v) is 10.8. The molecule has 18 heavy (non-hydrogen) atoms. The minimum Gasteiger partial charge on any atom is -0.383 e. The van der Waals surface area contributed by atoms with Gasteiger partial charge in [0.15, 0.2) is 0 Å². The number of rotatable bonds is 5. The Bertz CT molecular complexity index is 412. The molecule has 1 aromatic rings. The predicted octanol–water partition coefficient (Wildman–Crippen LogP) is 2.92. The van der Waals surface area contributed by atoms with E-state index < -0.39 is 17.5 Å². The van der Waals surface area contributed by atoms with Crippen molar-refractivity contribution in [2.24, 2.45) is 0 Å². The Morgan fingerprint density at radius 2 is 1.89 bits per heavy atom. The van der Waals surface area contributed by atoms with Gasteiger partial charge >= 0.3 is 0 Å². The highest BCUT2D eigenvalue weighted by Gasteiger charge is 2.15. The van der Waals surface area contributed by atoms with Crippen LogP contribution in [0.25, 0.3) is 0 Å². The molecule has 0 aromatic heterocycles. The van der Waals surface area contributed by atoms with Crippen LogP contribution >= 0.6 is 0 Å². The van der Waals surface area contributed by atoms with Gasteiger partial charge in [-0.2, -0.15) is 0 Å². The SMILES string of the molecule is CCCC(C)NC(=O)c1cc(F)c(NC)c(F)c1. The molecule has 1 rings (SSSR count). The number of nitrogens with one attached hydrogen (secondary N) is 2. The van der Waals surface area contributed by atoms with Crippen LogP contribution in [0.5, 0.6) is 0 Å². The van der Waals surface area contributed by atoms with Crippen molar-refractivity contribution in [1.82, 2.24) is 5.32 Å². The summed E-state index contributed by atoms with van der Waals surface area (Å²) in [5, 5.41) is 5.11. The van der Waals surface area contributed by atoms with Gasteiger partial charge in [-0.05, 0) is 25.5 Å². The van der Waals surface area contributed by atoms with Gasteiger partial charge in [-0.25, -0.2) is 8.78 Å². The zero-order valence-electron chi connectivity index (χ0n) is 10.8.